The van der Waals surface area contributed by atoms with Crippen molar-refractivity contribution in [3.05, 3.63) is 17.8 Å². The van der Waals surface area contributed by atoms with Crippen LogP contribution in [0.4, 0.5) is 11.5 Å². The minimum atomic E-state index is 0.365. The molecule has 1 aromatic heterocycles. The maximum absolute atomic E-state index is 9.16. The quantitative estimate of drug-likeness (QED) is 0.859. The highest BCUT2D eigenvalue weighted by Crippen LogP contribution is 2.43. The summed E-state index contributed by atoms with van der Waals surface area (Å²) in [5.74, 6) is 1.36. The summed E-state index contributed by atoms with van der Waals surface area (Å²) in [5, 5.41) is 12.5. The van der Waals surface area contributed by atoms with Gasteiger partial charge in [-0.2, -0.15) is 5.26 Å². The number of nitrogen functional groups attached to an aromatic ring is 1. The van der Waals surface area contributed by atoms with Crippen molar-refractivity contribution in [2.75, 3.05) is 17.6 Å². The van der Waals surface area contributed by atoms with Gasteiger partial charge in [0.05, 0.1) is 17.4 Å². The summed E-state index contributed by atoms with van der Waals surface area (Å²) in [7, 11) is 0. The molecule has 108 valence electrons. The van der Waals surface area contributed by atoms with E-state index in [0.717, 1.165) is 6.54 Å². The maximum atomic E-state index is 9.16. The second-order valence-corrected chi connectivity index (χ2v) is 6.44. The van der Waals surface area contributed by atoms with Gasteiger partial charge in [-0.1, -0.05) is 26.7 Å². The van der Waals surface area contributed by atoms with Gasteiger partial charge >= 0.3 is 0 Å². The molecule has 0 amide bonds. The third-order valence-corrected chi connectivity index (χ3v) is 4.17. The molecule has 0 unspecified atom stereocenters. The maximum Gasteiger partial charge on any atom is 0.144 e. The highest BCUT2D eigenvalue weighted by atomic mass is 15.0. The number of aromatic nitrogens is 1. The van der Waals surface area contributed by atoms with Gasteiger partial charge < -0.3 is 11.1 Å². The highest BCUT2D eigenvalue weighted by molar-refractivity contribution is 5.57. The molecule has 0 radical (unpaired) electrons. The van der Waals surface area contributed by atoms with E-state index in [9.17, 15) is 0 Å². The number of hydrogen-bond donors (Lipinski definition) is 2. The zero-order valence-corrected chi connectivity index (χ0v) is 12.4. The number of anilines is 2. The molecule has 1 aromatic rings. The smallest absolute Gasteiger partial charge is 0.144 e. The zero-order valence-electron chi connectivity index (χ0n) is 12.4. The van der Waals surface area contributed by atoms with Gasteiger partial charge in [0, 0.05) is 6.54 Å². The molecule has 1 heterocycles. The Kier molecular flexibility index (Phi) is 4.49. The summed E-state index contributed by atoms with van der Waals surface area (Å²) in [6.45, 7) is 5.46. The summed E-state index contributed by atoms with van der Waals surface area (Å²) in [5.41, 5.74) is 7.10. The normalized spacial score (nSPS) is 17.1. The molecule has 0 atom stereocenters. The van der Waals surface area contributed by atoms with Crippen molar-refractivity contribution in [2.24, 2.45) is 11.3 Å². The Bertz CT molecular complexity index is 496. The van der Waals surface area contributed by atoms with Crippen LogP contribution in [0.5, 0.6) is 0 Å². The van der Waals surface area contributed by atoms with Gasteiger partial charge in [0.25, 0.3) is 0 Å². The van der Waals surface area contributed by atoms with E-state index < -0.39 is 0 Å². The Morgan fingerprint density at radius 1 is 1.45 bits per heavy atom. The van der Waals surface area contributed by atoms with Crippen LogP contribution in [0.15, 0.2) is 12.3 Å². The minimum Gasteiger partial charge on any atom is -0.397 e. The van der Waals surface area contributed by atoms with Gasteiger partial charge in [0.2, 0.25) is 0 Å². The van der Waals surface area contributed by atoms with Crippen molar-refractivity contribution in [3.8, 4) is 6.07 Å². The summed E-state index contributed by atoms with van der Waals surface area (Å²) in [6, 6.07) is 3.84. The van der Waals surface area contributed by atoms with Gasteiger partial charge in [0.15, 0.2) is 0 Å². The Morgan fingerprint density at radius 2 is 2.15 bits per heavy atom. The molecule has 1 fully saturated rings. The fraction of sp³-hybridized carbons (Fsp3) is 0.625. The summed E-state index contributed by atoms with van der Waals surface area (Å²) < 4.78 is 0. The van der Waals surface area contributed by atoms with E-state index in [1.807, 2.05) is 0 Å². The first-order valence-corrected chi connectivity index (χ1v) is 7.44. The zero-order chi connectivity index (χ0) is 14.6. The number of rotatable bonds is 5. The molecular formula is C16H24N4. The van der Waals surface area contributed by atoms with Gasteiger partial charge in [0.1, 0.15) is 11.9 Å². The lowest BCUT2D eigenvalue weighted by Gasteiger charge is -2.31. The first-order chi connectivity index (χ1) is 9.54. The molecule has 0 spiro atoms. The molecule has 0 saturated heterocycles. The standard InChI is InChI=1S/C16H24N4/c1-12(2)8-16(5-3-4-6-16)11-20-15-13(9-17)7-14(18)10-19-15/h7,10,12H,3-6,8,11,18H2,1-2H3,(H,19,20). The van der Waals surface area contributed by atoms with Crippen molar-refractivity contribution in [3.63, 3.8) is 0 Å². The van der Waals surface area contributed by atoms with E-state index in [1.54, 1.807) is 12.3 Å². The van der Waals surface area contributed by atoms with Crippen LogP contribution in [0.2, 0.25) is 0 Å². The predicted octanol–water partition coefficient (Wildman–Crippen LogP) is 3.55. The van der Waals surface area contributed by atoms with Crippen molar-refractivity contribution in [2.45, 2.75) is 46.0 Å². The van der Waals surface area contributed by atoms with Crippen molar-refractivity contribution in [1.82, 2.24) is 4.98 Å². The Hall–Kier alpha value is -1.76. The largest absolute Gasteiger partial charge is 0.397 e. The van der Waals surface area contributed by atoms with Crippen LogP contribution < -0.4 is 11.1 Å². The number of nitrogens with one attached hydrogen (secondary N) is 1. The van der Waals surface area contributed by atoms with Crippen LogP contribution in [-0.2, 0) is 0 Å². The van der Waals surface area contributed by atoms with E-state index in [4.69, 9.17) is 11.0 Å². The molecule has 20 heavy (non-hydrogen) atoms. The third-order valence-electron chi connectivity index (χ3n) is 4.17. The van der Waals surface area contributed by atoms with Crippen LogP contribution in [0.3, 0.4) is 0 Å². The molecule has 3 N–H and O–H groups in total. The van der Waals surface area contributed by atoms with E-state index in [2.05, 4.69) is 30.2 Å². The SMILES string of the molecule is CC(C)CC1(CNc2ncc(N)cc2C#N)CCCC1. The summed E-state index contributed by atoms with van der Waals surface area (Å²) >= 11 is 0. The molecule has 0 bridgehead atoms. The number of pyridine rings is 1. The molecule has 4 heteroatoms. The van der Waals surface area contributed by atoms with Gasteiger partial charge in [-0.3, -0.25) is 0 Å². The second kappa shape index (κ2) is 6.13. The molecular weight excluding hydrogens is 248 g/mol. The molecule has 1 aliphatic carbocycles. The lowest BCUT2D eigenvalue weighted by atomic mass is 9.78. The second-order valence-electron chi connectivity index (χ2n) is 6.44. The summed E-state index contributed by atoms with van der Waals surface area (Å²) in [6.07, 6.45) is 8.01. The van der Waals surface area contributed by atoms with Crippen molar-refractivity contribution in [1.29, 1.82) is 5.26 Å². The van der Waals surface area contributed by atoms with E-state index in [-0.39, 0.29) is 0 Å². The van der Waals surface area contributed by atoms with E-state index >= 15 is 0 Å². The van der Waals surface area contributed by atoms with Crippen LogP contribution >= 0.6 is 0 Å². The van der Waals surface area contributed by atoms with Crippen molar-refractivity contribution < 1.29 is 0 Å². The van der Waals surface area contributed by atoms with Crippen molar-refractivity contribution >= 4 is 11.5 Å². The Morgan fingerprint density at radius 3 is 2.75 bits per heavy atom. The average Bonchev–Trinajstić information content (AvgIpc) is 2.85. The average molecular weight is 272 g/mol. The lowest BCUT2D eigenvalue weighted by molar-refractivity contribution is 0.252. The first-order valence-electron chi connectivity index (χ1n) is 7.44. The van der Waals surface area contributed by atoms with Crippen LogP contribution in [0.25, 0.3) is 0 Å². The number of hydrogen-bond acceptors (Lipinski definition) is 4. The van der Waals surface area contributed by atoms with Gasteiger partial charge in [-0.25, -0.2) is 4.98 Å². The number of nitriles is 1. The van der Waals surface area contributed by atoms with E-state index in [0.29, 0.717) is 28.4 Å². The van der Waals surface area contributed by atoms with E-state index in [1.165, 1.54) is 32.1 Å². The lowest BCUT2D eigenvalue weighted by Crippen LogP contribution is -2.29. The first kappa shape index (κ1) is 14.6. The monoisotopic (exact) mass is 272 g/mol. The predicted molar refractivity (Wildman–Crippen MR) is 82.2 cm³/mol. The molecule has 1 aliphatic rings. The Balaban J connectivity index is 2.08. The van der Waals surface area contributed by atoms with Crippen LogP contribution in [-0.4, -0.2) is 11.5 Å². The highest BCUT2D eigenvalue weighted by Gasteiger charge is 2.34. The summed E-state index contributed by atoms with van der Waals surface area (Å²) in [4.78, 5) is 4.26. The van der Waals surface area contributed by atoms with Gasteiger partial charge in [-0.05, 0) is 36.7 Å². The fourth-order valence-electron chi connectivity index (χ4n) is 3.42. The molecule has 0 aliphatic heterocycles. The minimum absolute atomic E-state index is 0.365. The van der Waals surface area contributed by atoms with Crippen LogP contribution in [0, 0.1) is 22.7 Å². The van der Waals surface area contributed by atoms with Crippen LogP contribution in [0.1, 0.15) is 51.5 Å². The van der Waals surface area contributed by atoms with Gasteiger partial charge in [-0.15, -0.1) is 0 Å². The Labute approximate surface area is 121 Å². The number of nitrogens with zero attached hydrogens (tertiary/aromatic N) is 2. The fourth-order valence-corrected chi connectivity index (χ4v) is 3.42. The molecule has 4 nitrogen and oxygen atoms in total. The third kappa shape index (κ3) is 3.41. The molecule has 0 aromatic carbocycles. The number of nitrogens with two attached hydrogens (primary N) is 1. The molecule has 2 rings (SSSR count). The molecule has 1 saturated carbocycles. The topological polar surface area (TPSA) is 74.7 Å².